The first-order chi connectivity index (χ1) is 21.6. The minimum atomic E-state index is -1.18. The summed E-state index contributed by atoms with van der Waals surface area (Å²) in [6.07, 6.45) is 2.59. The predicted octanol–water partition coefficient (Wildman–Crippen LogP) is 6.19. The van der Waals surface area contributed by atoms with Crippen molar-refractivity contribution in [2.45, 2.75) is 39.5 Å². The monoisotopic (exact) mass is 624 g/mol. The molecule has 9 heteroatoms. The van der Waals surface area contributed by atoms with Gasteiger partial charge >= 0.3 is 0 Å². The number of aromatic hydroxyl groups is 1. The first kappa shape index (κ1) is 29.3. The third-order valence-electron chi connectivity index (χ3n) is 10.3. The topological polar surface area (TPSA) is 104 Å². The van der Waals surface area contributed by atoms with Crippen LogP contribution in [-0.4, -0.2) is 35.3 Å². The maximum atomic E-state index is 14.5. The number of hydrogen-bond acceptors (Lipinski definition) is 6. The molecule has 45 heavy (non-hydrogen) atoms. The second-order valence-electron chi connectivity index (χ2n) is 12.6. The molecule has 6 atom stereocenters. The fourth-order valence-corrected chi connectivity index (χ4v) is 8.35. The van der Waals surface area contributed by atoms with Crippen molar-refractivity contribution in [3.8, 4) is 11.5 Å². The summed E-state index contributed by atoms with van der Waals surface area (Å²) in [5, 5.41) is 11.0. The van der Waals surface area contributed by atoms with Gasteiger partial charge in [0.1, 0.15) is 0 Å². The SMILES string of the molecule is CCOc1cc(C2C3=CCC4C(=O)N(c5ccc(C)c(Cl)c5)C(=O)C4C3CC3C(=O)N(c4ccccc4)C(=O)C32C)ccc1O. The minimum absolute atomic E-state index is 0.0314. The number of ether oxygens (including phenoxy) is 1. The van der Waals surface area contributed by atoms with Crippen LogP contribution in [0.4, 0.5) is 11.4 Å². The Morgan fingerprint density at radius 2 is 1.67 bits per heavy atom. The van der Waals surface area contributed by atoms with Gasteiger partial charge in [0.25, 0.3) is 0 Å². The number of aryl methyl sites for hydroxylation is 1. The van der Waals surface area contributed by atoms with Crippen molar-refractivity contribution >= 4 is 46.6 Å². The highest BCUT2D eigenvalue weighted by molar-refractivity contribution is 6.32. The Morgan fingerprint density at radius 1 is 0.911 bits per heavy atom. The Hall–Kier alpha value is -4.43. The van der Waals surface area contributed by atoms with Gasteiger partial charge in [-0.3, -0.25) is 19.2 Å². The van der Waals surface area contributed by atoms with E-state index >= 15 is 0 Å². The molecule has 3 fully saturated rings. The van der Waals surface area contributed by atoms with Crippen LogP contribution >= 0.6 is 11.6 Å². The van der Waals surface area contributed by atoms with Gasteiger partial charge in [-0.2, -0.15) is 0 Å². The second-order valence-corrected chi connectivity index (χ2v) is 13.0. The summed E-state index contributed by atoms with van der Waals surface area (Å²) in [6, 6.07) is 19.1. The van der Waals surface area contributed by atoms with Crippen molar-refractivity contribution in [3.05, 3.63) is 94.5 Å². The van der Waals surface area contributed by atoms with Crippen LogP contribution in [0.3, 0.4) is 0 Å². The standard InChI is InChI=1S/C36H33ClN2O6/c1-4-45-29-16-20(11-15-28(29)40)31-23-13-14-24-30(34(43)38(32(24)41)22-12-10-19(2)27(37)17-22)25(23)18-26-33(42)39(35(44)36(26,31)3)21-8-6-5-7-9-21/h5-13,15-17,24-26,30-31,40H,4,14,18H2,1-3H3. The number of phenols is 1. The number of carbonyl (C=O) groups excluding carboxylic acids is 4. The van der Waals surface area contributed by atoms with Gasteiger partial charge in [-0.25, -0.2) is 9.80 Å². The normalized spacial score (nSPS) is 29.0. The predicted molar refractivity (Wildman–Crippen MR) is 169 cm³/mol. The van der Waals surface area contributed by atoms with Crippen molar-refractivity contribution in [2.24, 2.45) is 29.1 Å². The van der Waals surface area contributed by atoms with Crippen molar-refractivity contribution < 1.29 is 29.0 Å². The van der Waals surface area contributed by atoms with Crippen LogP contribution in [0.5, 0.6) is 11.5 Å². The molecule has 0 radical (unpaired) electrons. The quantitative estimate of drug-likeness (QED) is 0.268. The lowest BCUT2D eigenvalue weighted by molar-refractivity contribution is -0.131. The number of hydrogen-bond donors (Lipinski definition) is 1. The van der Waals surface area contributed by atoms with E-state index in [2.05, 4.69) is 0 Å². The highest BCUT2D eigenvalue weighted by Gasteiger charge is 2.67. The average molecular weight is 625 g/mol. The number of allylic oxidation sites excluding steroid dienone is 2. The van der Waals surface area contributed by atoms with Crippen LogP contribution in [0.2, 0.25) is 5.02 Å². The number of fused-ring (bicyclic) bond motifs is 4. The van der Waals surface area contributed by atoms with Gasteiger partial charge in [-0.1, -0.05) is 53.6 Å². The summed E-state index contributed by atoms with van der Waals surface area (Å²) in [5.41, 5.74) is 2.14. The molecule has 3 aromatic rings. The van der Waals surface area contributed by atoms with Gasteiger partial charge in [-0.05, 0) is 87.1 Å². The molecular formula is C36H33ClN2O6. The molecule has 1 N–H and O–H groups in total. The molecule has 2 saturated heterocycles. The van der Waals surface area contributed by atoms with E-state index in [0.29, 0.717) is 35.0 Å². The molecule has 2 aliphatic heterocycles. The summed E-state index contributed by atoms with van der Waals surface area (Å²) in [5.74, 6) is -4.07. The van der Waals surface area contributed by atoms with Crippen molar-refractivity contribution in [1.29, 1.82) is 0 Å². The number of rotatable bonds is 5. The Morgan fingerprint density at radius 3 is 2.38 bits per heavy atom. The number of nitrogens with zero attached hydrogens (tertiary/aromatic N) is 2. The summed E-state index contributed by atoms with van der Waals surface area (Å²) >= 11 is 6.39. The first-order valence-corrected chi connectivity index (χ1v) is 15.7. The molecule has 3 aromatic carbocycles. The molecule has 8 nitrogen and oxygen atoms in total. The average Bonchev–Trinajstić information content (AvgIpc) is 3.40. The van der Waals surface area contributed by atoms with E-state index in [1.165, 1.54) is 15.9 Å². The van der Waals surface area contributed by atoms with E-state index in [1.807, 2.05) is 32.9 Å². The number of amides is 4. The molecule has 4 amide bonds. The molecule has 4 aliphatic rings. The maximum Gasteiger partial charge on any atom is 0.241 e. The Balaban J connectivity index is 1.37. The van der Waals surface area contributed by atoms with Crippen molar-refractivity contribution in [3.63, 3.8) is 0 Å². The minimum Gasteiger partial charge on any atom is -0.504 e. The molecule has 0 bridgehead atoms. The van der Waals surface area contributed by atoms with E-state index in [1.54, 1.807) is 54.6 Å². The molecule has 0 aromatic heterocycles. The third kappa shape index (κ3) is 4.18. The van der Waals surface area contributed by atoms with Crippen LogP contribution in [0.15, 0.2) is 78.4 Å². The number of anilines is 2. The van der Waals surface area contributed by atoms with Crippen LogP contribution in [0.25, 0.3) is 0 Å². The van der Waals surface area contributed by atoms with Gasteiger partial charge < -0.3 is 9.84 Å². The van der Waals surface area contributed by atoms with Gasteiger partial charge in [-0.15, -0.1) is 0 Å². The Kier molecular flexibility index (Phi) is 6.89. The zero-order valence-corrected chi connectivity index (χ0v) is 26.0. The van der Waals surface area contributed by atoms with E-state index in [-0.39, 0.29) is 41.5 Å². The number of benzene rings is 3. The summed E-state index contributed by atoms with van der Waals surface area (Å²) in [6.45, 7) is 5.83. The lowest BCUT2D eigenvalue weighted by atomic mass is 9.51. The van der Waals surface area contributed by atoms with E-state index in [9.17, 15) is 24.3 Å². The lowest BCUT2D eigenvalue weighted by Crippen LogP contribution is -2.48. The number of carbonyl (C=O) groups is 4. The lowest BCUT2D eigenvalue weighted by Gasteiger charge is -2.49. The smallest absolute Gasteiger partial charge is 0.241 e. The molecule has 1 saturated carbocycles. The number of imide groups is 2. The Labute approximate surface area is 266 Å². The zero-order chi connectivity index (χ0) is 31.8. The van der Waals surface area contributed by atoms with E-state index in [4.69, 9.17) is 16.3 Å². The van der Waals surface area contributed by atoms with Gasteiger partial charge in [0.05, 0.1) is 41.2 Å². The third-order valence-corrected chi connectivity index (χ3v) is 10.7. The number of para-hydroxylation sites is 1. The van der Waals surface area contributed by atoms with Gasteiger partial charge in [0.15, 0.2) is 11.5 Å². The Bertz CT molecular complexity index is 1800. The largest absolute Gasteiger partial charge is 0.504 e. The maximum absolute atomic E-state index is 14.5. The molecule has 7 rings (SSSR count). The summed E-state index contributed by atoms with van der Waals surface area (Å²) in [7, 11) is 0. The van der Waals surface area contributed by atoms with Crippen molar-refractivity contribution in [1.82, 2.24) is 0 Å². The van der Waals surface area contributed by atoms with Gasteiger partial charge in [0.2, 0.25) is 23.6 Å². The van der Waals surface area contributed by atoms with Gasteiger partial charge in [0, 0.05) is 10.9 Å². The van der Waals surface area contributed by atoms with Crippen LogP contribution in [-0.2, 0) is 19.2 Å². The fraction of sp³-hybridized carbons (Fsp3) is 0.333. The highest BCUT2D eigenvalue weighted by Crippen LogP contribution is 2.64. The van der Waals surface area contributed by atoms with Crippen LogP contribution in [0.1, 0.15) is 43.7 Å². The first-order valence-electron chi connectivity index (χ1n) is 15.3. The fourth-order valence-electron chi connectivity index (χ4n) is 8.18. The number of phenolic OH excluding ortho intramolecular Hbond substituents is 1. The molecule has 2 heterocycles. The number of halogens is 1. The molecular weight excluding hydrogens is 592 g/mol. The molecule has 230 valence electrons. The van der Waals surface area contributed by atoms with Crippen molar-refractivity contribution in [2.75, 3.05) is 16.4 Å². The second kappa shape index (κ2) is 10.6. The summed E-state index contributed by atoms with van der Waals surface area (Å²) < 4.78 is 5.72. The highest BCUT2D eigenvalue weighted by atomic mass is 35.5. The van der Waals surface area contributed by atoms with Crippen LogP contribution < -0.4 is 14.5 Å². The van der Waals surface area contributed by atoms with E-state index in [0.717, 1.165) is 11.1 Å². The zero-order valence-electron chi connectivity index (χ0n) is 25.2. The molecule has 6 unspecified atom stereocenters. The van der Waals surface area contributed by atoms with E-state index < -0.39 is 35.0 Å². The van der Waals surface area contributed by atoms with Crippen LogP contribution in [0, 0.1) is 36.0 Å². The molecule has 0 spiro atoms. The molecule has 2 aliphatic carbocycles. The summed E-state index contributed by atoms with van der Waals surface area (Å²) in [4.78, 5) is 59.4.